The van der Waals surface area contributed by atoms with E-state index in [4.69, 9.17) is 10.5 Å². The van der Waals surface area contributed by atoms with Crippen molar-refractivity contribution in [3.05, 3.63) is 35.2 Å². The minimum atomic E-state index is -0.402. The molecule has 0 saturated heterocycles. The Hall–Kier alpha value is -2.37. The Morgan fingerprint density at radius 1 is 1.45 bits per heavy atom. The number of hydrogen-bond donors (Lipinski definition) is 1. The van der Waals surface area contributed by atoms with Crippen molar-refractivity contribution in [1.29, 1.82) is 0 Å². The molecule has 1 saturated carbocycles. The van der Waals surface area contributed by atoms with Gasteiger partial charge in [0.1, 0.15) is 11.4 Å². The minimum absolute atomic E-state index is 0.285. The number of nitrogens with zero attached hydrogens (tertiary/aromatic N) is 3. The van der Waals surface area contributed by atoms with Crippen LogP contribution in [0.2, 0.25) is 0 Å². The standard InChI is InChI=1S/C16H20N4O2/c1-3-22-16(21)13-14(11-7-5-8-11)19-20(15(13)17)12-9-4-6-10(2)18-12/h4,6,9,11H,3,5,7-8,17H2,1-2H3. The van der Waals surface area contributed by atoms with Crippen molar-refractivity contribution < 1.29 is 9.53 Å². The lowest BCUT2D eigenvalue weighted by Gasteiger charge is -2.24. The number of esters is 1. The molecule has 2 N–H and O–H groups in total. The normalized spacial score (nSPS) is 14.6. The summed E-state index contributed by atoms with van der Waals surface area (Å²) in [5.41, 5.74) is 8.20. The van der Waals surface area contributed by atoms with E-state index in [9.17, 15) is 4.79 Å². The number of ether oxygens (including phenoxy) is 1. The average molecular weight is 300 g/mol. The highest BCUT2D eigenvalue weighted by atomic mass is 16.5. The summed E-state index contributed by atoms with van der Waals surface area (Å²) in [5, 5.41) is 4.57. The highest BCUT2D eigenvalue weighted by molar-refractivity contribution is 5.96. The third-order valence-corrected chi connectivity index (χ3v) is 4.01. The Bertz CT molecular complexity index is 704. The molecule has 1 fully saturated rings. The average Bonchev–Trinajstić information content (AvgIpc) is 2.74. The van der Waals surface area contributed by atoms with E-state index in [-0.39, 0.29) is 5.92 Å². The molecule has 6 heteroatoms. The molecule has 0 spiro atoms. The first-order chi connectivity index (χ1) is 10.6. The predicted molar refractivity (Wildman–Crippen MR) is 83.1 cm³/mol. The Morgan fingerprint density at radius 2 is 2.23 bits per heavy atom. The Morgan fingerprint density at radius 3 is 2.82 bits per heavy atom. The van der Waals surface area contributed by atoms with Gasteiger partial charge in [-0.3, -0.25) is 0 Å². The second-order valence-corrected chi connectivity index (χ2v) is 5.54. The van der Waals surface area contributed by atoms with Crippen LogP contribution < -0.4 is 5.73 Å². The molecule has 1 aliphatic rings. The van der Waals surface area contributed by atoms with E-state index in [0.29, 0.717) is 23.8 Å². The number of aryl methyl sites for hydroxylation is 1. The van der Waals surface area contributed by atoms with Crippen LogP contribution in [0.4, 0.5) is 5.82 Å². The quantitative estimate of drug-likeness (QED) is 0.877. The molecule has 0 radical (unpaired) electrons. The van der Waals surface area contributed by atoms with E-state index in [1.54, 1.807) is 11.6 Å². The maximum atomic E-state index is 12.3. The second kappa shape index (κ2) is 5.79. The van der Waals surface area contributed by atoms with Crippen LogP contribution in [0.1, 0.15) is 53.8 Å². The summed E-state index contributed by atoms with van der Waals surface area (Å²) in [7, 11) is 0. The number of nitrogens with two attached hydrogens (primary N) is 1. The van der Waals surface area contributed by atoms with E-state index < -0.39 is 5.97 Å². The summed E-state index contributed by atoms with van der Waals surface area (Å²) in [4.78, 5) is 16.7. The van der Waals surface area contributed by atoms with Crippen LogP contribution in [-0.2, 0) is 4.74 Å². The first kappa shape index (κ1) is 14.6. The van der Waals surface area contributed by atoms with Crippen LogP contribution in [0.25, 0.3) is 5.82 Å². The van der Waals surface area contributed by atoms with Gasteiger partial charge in [0.25, 0.3) is 0 Å². The molecule has 2 aromatic rings. The van der Waals surface area contributed by atoms with E-state index in [2.05, 4.69) is 10.1 Å². The van der Waals surface area contributed by atoms with Crippen molar-refractivity contribution in [2.45, 2.75) is 39.0 Å². The van der Waals surface area contributed by atoms with Crippen molar-refractivity contribution in [2.75, 3.05) is 12.3 Å². The number of carbonyl (C=O) groups is 1. The van der Waals surface area contributed by atoms with Crippen molar-refractivity contribution in [2.24, 2.45) is 0 Å². The van der Waals surface area contributed by atoms with Crippen molar-refractivity contribution in [3.63, 3.8) is 0 Å². The van der Waals surface area contributed by atoms with E-state index >= 15 is 0 Å². The van der Waals surface area contributed by atoms with Crippen LogP contribution >= 0.6 is 0 Å². The lowest BCUT2D eigenvalue weighted by Crippen LogP contribution is -2.15. The van der Waals surface area contributed by atoms with E-state index in [1.807, 2.05) is 25.1 Å². The zero-order valence-electron chi connectivity index (χ0n) is 12.9. The van der Waals surface area contributed by atoms with E-state index in [0.717, 1.165) is 30.7 Å². The third kappa shape index (κ3) is 2.45. The summed E-state index contributed by atoms with van der Waals surface area (Å²) in [6, 6.07) is 5.63. The number of nitrogen functional groups attached to an aromatic ring is 1. The molecule has 3 rings (SSSR count). The molecule has 116 valence electrons. The van der Waals surface area contributed by atoms with Crippen LogP contribution in [0.15, 0.2) is 18.2 Å². The van der Waals surface area contributed by atoms with Gasteiger partial charge < -0.3 is 10.5 Å². The van der Waals surface area contributed by atoms with Gasteiger partial charge in [0.05, 0.1) is 12.3 Å². The molecule has 0 aromatic carbocycles. The lowest BCUT2D eigenvalue weighted by molar-refractivity contribution is 0.0525. The monoisotopic (exact) mass is 300 g/mol. The largest absolute Gasteiger partial charge is 0.462 e. The number of pyridine rings is 1. The zero-order valence-corrected chi connectivity index (χ0v) is 12.9. The second-order valence-electron chi connectivity index (χ2n) is 5.54. The van der Waals surface area contributed by atoms with Crippen LogP contribution in [-0.4, -0.2) is 27.3 Å². The van der Waals surface area contributed by atoms with Gasteiger partial charge in [-0.05, 0) is 38.8 Å². The highest BCUT2D eigenvalue weighted by Crippen LogP contribution is 2.39. The number of carbonyl (C=O) groups excluding carboxylic acids is 1. The van der Waals surface area contributed by atoms with Crippen molar-refractivity contribution in [1.82, 2.24) is 14.8 Å². The molecule has 2 heterocycles. The first-order valence-electron chi connectivity index (χ1n) is 7.61. The fourth-order valence-corrected chi connectivity index (χ4v) is 2.65. The third-order valence-electron chi connectivity index (χ3n) is 4.01. The van der Waals surface area contributed by atoms with Crippen LogP contribution in [0.5, 0.6) is 0 Å². The zero-order chi connectivity index (χ0) is 15.7. The van der Waals surface area contributed by atoms with Crippen LogP contribution in [0.3, 0.4) is 0 Å². The number of aromatic nitrogens is 3. The summed E-state index contributed by atoms with van der Waals surface area (Å²) in [5.74, 6) is 0.806. The Kier molecular flexibility index (Phi) is 3.83. The van der Waals surface area contributed by atoms with Gasteiger partial charge in [-0.25, -0.2) is 9.78 Å². The maximum absolute atomic E-state index is 12.3. The molecule has 0 unspecified atom stereocenters. The van der Waals surface area contributed by atoms with Gasteiger partial charge in [0, 0.05) is 11.6 Å². The number of hydrogen-bond acceptors (Lipinski definition) is 5. The highest BCUT2D eigenvalue weighted by Gasteiger charge is 2.32. The molecule has 1 aliphatic carbocycles. The smallest absolute Gasteiger partial charge is 0.343 e. The van der Waals surface area contributed by atoms with Gasteiger partial charge in [-0.15, -0.1) is 0 Å². The van der Waals surface area contributed by atoms with Gasteiger partial charge >= 0.3 is 5.97 Å². The minimum Gasteiger partial charge on any atom is -0.462 e. The summed E-state index contributed by atoms with van der Waals surface area (Å²) < 4.78 is 6.70. The maximum Gasteiger partial charge on any atom is 0.343 e. The SMILES string of the molecule is CCOC(=O)c1c(C2CCC2)nn(-c2cccc(C)n2)c1N. The molecular weight excluding hydrogens is 280 g/mol. The topological polar surface area (TPSA) is 83.0 Å². The molecule has 22 heavy (non-hydrogen) atoms. The molecular formula is C16H20N4O2. The molecule has 6 nitrogen and oxygen atoms in total. The van der Waals surface area contributed by atoms with Crippen molar-refractivity contribution in [3.8, 4) is 5.82 Å². The molecule has 0 bridgehead atoms. The fraction of sp³-hybridized carbons (Fsp3) is 0.438. The Balaban J connectivity index is 2.10. The van der Waals surface area contributed by atoms with Gasteiger partial charge in [-0.1, -0.05) is 12.5 Å². The van der Waals surface area contributed by atoms with Gasteiger partial charge in [0.15, 0.2) is 5.82 Å². The molecule has 0 amide bonds. The summed E-state index contributed by atoms with van der Waals surface area (Å²) >= 11 is 0. The molecule has 0 aliphatic heterocycles. The van der Waals surface area contributed by atoms with Crippen molar-refractivity contribution >= 4 is 11.8 Å². The Labute approximate surface area is 129 Å². The molecule has 2 aromatic heterocycles. The number of anilines is 1. The van der Waals surface area contributed by atoms with Crippen LogP contribution in [0, 0.1) is 6.92 Å². The van der Waals surface area contributed by atoms with Gasteiger partial charge in [-0.2, -0.15) is 9.78 Å². The molecule has 0 atom stereocenters. The predicted octanol–water partition coefficient (Wildman–Crippen LogP) is 2.60. The summed E-state index contributed by atoms with van der Waals surface area (Å²) in [6.45, 7) is 4.00. The van der Waals surface area contributed by atoms with Gasteiger partial charge in [0.2, 0.25) is 0 Å². The summed E-state index contributed by atoms with van der Waals surface area (Å²) in [6.07, 6.45) is 3.22. The number of rotatable bonds is 4. The van der Waals surface area contributed by atoms with E-state index in [1.165, 1.54) is 0 Å². The fourth-order valence-electron chi connectivity index (χ4n) is 2.65. The lowest BCUT2D eigenvalue weighted by atomic mass is 9.81. The first-order valence-corrected chi connectivity index (χ1v) is 7.61.